The van der Waals surface area contributed by atoms with Gasteiger partial charge in [0.25, 0.3) is 5.82 Å². The van der Waals surface area contributed by atoms with Crippen molar-refractivity contribution in [2.75, 3.05) is 5.73 Å². The third-order valence-corrected chi connectivity index (χ3v) is 6.82. The minimum Gasteiger partial charge on any atom is -0.287 e. The maximum Gasteiger partial charge on any atom is 0.408 e. The van der Waals surface area contributed by atoms with Crippen LogP contribution in [0.1, 0.15) is 11.6 Å². The zero-order valence-corrected chi connectivity index (χ0v) is 18.9. The molecular formula is C25H20F4N3O2S+. The van der Waals surface area contributed by atoms with Crippen LogP contribution in [0, 0.1) is 5.82 Å². The first kappa shape index (κ1) is 24.4. The molecule has 0 spiro atoms. The van der Waals surface area contributed by atoms with Crippen LogP contribution in [0.25, 0.3) is 22.3 Å². The van der Waals surface area contributed by atoms with Gasteiger partial charge < -0.3 is 0 Å². The molecule has 0 aliphatic rings. The first-order valence-corrected chi connectivity index (χ1v) is 11.8. The predicted octanol–water partition coefficient (Wildman–Crippen LogP) is 5.14. The number of hydrogen-bond donors (Lipinski definition) is 2. The standard InChI is InChI=1S/C25H19F4N3O2S/c26-21-14-17(10-12-19(21)18-11-13-23(30)31-15-18)20-8-4-5-9-22(20)35(33,34)32-24(25(27,28)29)16-6-2-1-3-7-16/h1-15,24,32H,(H2,30,31)/p+1/t24-/m0/s1. The quantitative estimate of drug-likeness (QED) is 0.358. The smallest absolute Gasteiger partial charge is 0.287 e. The van der Waals surface area contributed by atoms with Gasteiger partial charge in [-0.2, -0.15) is 17.9 Å². The monoisotopic (exact) mass is 502 g/mol. The number of anilines is 1. The van der Waals surface area contributed by atoms with Gasteiger partial charge >= 0.3 is 6.18 Å². The average molecular weight is 503 g/mol. The molecule has 0 saturated carbocycles. The van der Waals surface area contributed by atoms with Gasteiger partial charge in [-0.05, 0) is 29.3 Å². The second-order valence-electron chi connectivity index (χ2n) is 7.73. The van der Waals surface area contributed by atoms with Crippen LogP contribution in [-0.4, -0.2) is 14.6 Å². The van der Waals surface area contributed by atoms with E-state index in [2.05, 4.69) is 4.98 Å². The zero-order valence-electron chi connectivity index (χ0n) is 18.1. The Morgan fingerprint density at radius 1 is 0.829 bits per heavy atom. The number of nitrogens with two attached hydrogens (primary N) is 1. The number of nitrogen functional groups attached to an aromatic ring is 1. The van der Waals surface area contributed by atoms with Gasteiger partial charge in [-0.15, -0.1) is 0 Å². The Kier molecular flexibility index (Phi) is 6.60. The highest BCUT2D eigenvalue weighted by Gasteiger charge is 2.43. The van der Waals surface area contributed by atoms with E-state index < -0.39 is 33.0 Å². The summed E-state index contributed by atoms with van der Waals surface area (Å²) in [7, 11) is -4.66. The fourth-order valence-corrected chi connectivity index (χ4v) is 5.09. The van der Waals surface area contributed by atoms with Crippen LogP contribution >= 0.6 is 0 Å². The summed E-state index contributed by atoms with van der Waals surface area (Å²) in [6.07, 6.45) is -3.36. The molecule has 0 aliphatic heterocycles. The molecule has 5 nitrogen and oxygen atoms in total. The number of aromatic nitrogens is 1. The SMILES string of the molecule is Nc1ccc(-c2ccc(-c3ccccc3S(=O)(=O)N[C@@H](c3ccccc3)C(F)(F)F)cc2F)c[nH+]1. The molecule has 0 fully saturated rings. The number of aromatic amines is 1. The van der Waals surface area contributed by atoms with Crippen molar-refractivity contribution >= 4 is 15.8 Å². The average Bonchev–Trinajstić information content (AvgIpc) is 2.83. The fourth-order valence-electron chi connectivity index (χ4n) is 3.65. The van der Waals surface area contributed by atoms with Crippen molar-refractivity contribution in [2.45, 2.75) is 17.1 Å². The molecule has 1 aromatic heterocycles. The number of nitrogens with one attached hydrogen (secondary N) is 2. The van der Waals surface area contributed by atoms with Crippen LogP contribution in [0.3, 0.4) is 0 Å². The highest BCUT2D eigenvalue weighted by Crippen LogP contribution is 2.36. The van der Waals surface area contributed by atoms with Crippen molar-refractivity contribution in [3.63, 3.8) is 0 Å². The molecule has 3 aromatic carbocycles. The molecule has 0 unspecified atom stereocenters. The summed E-state index contributed by atoms with van der Waals surface area (Å²) >= 11 is 0. The Balaban J connectivity index is 1.73. The van der Waals surface area contributed by atoms with Crippen molar-refractivity contribution in [1.29, 1.82) is 0 Å². The molecule has 4 aromatic rings. The Labute approximate surface area is 199 Å². The third-order valence-electron chi connectivity index (χ3n) is 5.34. The number of hydrogen-bond acceptors (Lipinski definition) is 3. The molecule has 0 bridgehead atoms. The van der Waals surface area contributed by atoms with E-state index in [1.165, 1.54) is 72.9 Å². The minimum atomic E-state index is -4.88. The number of rotatable bonds is 6. The lowest BCUT2D eigenvalue weighted by Crippen LogP contribution is -2.38. The van der Waals surface area contributed by atoms with Crippen LogP contribution < -0.4 is 15.4 Å². The van der Waals surface area contributed by atoms with E-state index in [9.17, 15) is 26.0 Å². The number of halogens is 4. The van der Waals surface area contributed by atoms with Crippen molar-refractivity contribution in [2.24, 2.45) is 0 Å². The van der Waals surface area contributed by atoms with E-state index >= 15 is 0 Å². The highest BCUT2D eigenvalue weighted by molar-refractivity contribution is 7.89. The zero-order chi connectivity index (χ0) is 25.2. The van der Waals surface area contributed by atoms with Crippen LogP contribution in [-0.2, 0) is 10.0 Å². The second-order valence-corrected chi connectivity index (χ2v) is 9.41. The number of benzene rings is 3. The summed E-state index contributed by atoms with van der Waals surface area (Å²) in [6.45, 7) is 0. The number of sulfonamides is 1. The Morgan fingerprint density at radius 3 is 2.11 bits per heavy atom. The molecule has 10 heteroatoms. The first-order chi connectivity index (χ1) is 16.6. The van der Waals surface area contributed by atoms with Crippen LogP contribution in [0.5, 0.6) is 0 Å². The molecule has 4 N–H and O–H groups in total. The molecule has 0 amide bonds. The fraction of sp³-hybridized carbons (Fsp3) is 0.0800. The summed E-state index contributed by atoms with van der Waals surface area (Å²) in [4.78, 5) is 2.37. The normalized spacial score (nSPS) is 12.9. The van der Waals surface area contributed by atoms with Gasteiger partial charge in [-0.3, -0.25) is 5.73 Å². The molecule has 1 heterocycles. The maximum atomic E-state index is 15.0. The Bertz CT molecular complexity index is 1440. The summed E-state index contributed by atoms with van der Waals surface area (Å²) in [5.41, 5.74) is 6.37. The van der Waals surface area contributed by atoms with Crippen LogP contribution in [0.4, 0.5) is 23.4 Å². The van der Waals surface area contributed by atoms with Crippen molar-refractivity contribution in [3.8, 4) is 22.3 Å². The van der Waals surface area contributed by atoms with Gasteiger partial charge in [-0.1, -0.05) is 60.7 Å². The molecular weight excluding hydrogens is 482 g/mol. The molecule has 0 aliphatic carbocycles. The third kappa shape index (κ3) is 5.33. The van der Waals surface area contributed by atoms with Gasteiger partial charge in [0.1, 0.15) is 11.9 Å². The summed E-state index contributed by atoms with van der Waals surface area (Å²) in [5.74, 6) is -0.247. The topological polar surface area (TPSA) is 86.3 Å². The van der Waals surface area contributed by atoms with E-state index in [0.29, 0.717) is 11.4 Å². The summed E-state index contributed by atoms with van der Waals surface area (Å²) in [6, 6.07) is 17.0. The molecule has 0 radical (unpaired) electrons. The second kappa shape index (κ2) is 9.47. The maximum absolute atomic E-state index is 15.0. The van der Waals surface area contributed by atoms with E-state index in [4.69, 9.17) is 5.73 Å². The molecule has 1 atom stereocenters. The van der Waals surface area contributed by atoms with E-state index in [-0.39, 0.29) is 22.3 Å². The molecule has 35 heavy (non-hydrogen) atoms. The van der Waals surface area contributed by atoms with E-state index in [1.54, 1.807) is 16.9 Å². The van der Waals surface area contributed by atoms with Gasteiger partial charge in [0.05, 0.1) is 11.1 Å². The number of alkyl halides is 3. The first-order valence-electron chi connectivity index (χ1n) is 10.4. The van der Waals surface area contributed by atoms with Crippen molar-refractivity contribution in [3.05, 3.63) is 103 Å². The van der Waals surface area contributed by atoms with Crippen molar-refractivity contribution in [1.82, 2.24) is 4.72 Å². The lowest BCUT2D eigenvalue weighted by atomic mass is 10.0. The van der Waals surface area contributed by atoms with Gasteiger partial charge in [0.15, 0.2) is 0 Å². The lowest BCUT2D eigenvalue weighted by molar-refractivity contribution is -0.359. The van der Waals surface area contributed by atoms with Gasteiger partial charge in [0.2, 0.25) is 10.0 Å². The largest absolute Gasteiger partial charge is 0.408 e. The van der Waals surface area contributed by atoms with Gasteiger partial charge in [-0.25, -0.2) is 17.8 Å². The van der Waals surface area contributed by atoms with Gasteiger partial charge in [0, 0.05) is 22.8 Å². The molecule has 0 saturated heterocycles. The summed E-state index contributed by atoms with van der Waals surface area (Å²) < 4.78 is 84.3. The minimum absolute atomic E-state index is 0.0586. The van der Waals surface area contributed by atoms with E-state index in [0.717, 1.165) is 6.07 Å². The van der Waals surface area contributed by atoms with Crippen LogP contribution in [0.2, 0.25) is 0 Å². The van der Waals surface area contributed by atoms with Crippen molar-refractivity contribution < 1.29 is 31.0 Å². The number of H-pyrrole nitrogens is 1. The molecule has 4 rings (SSSR count). The molecule has 180 valence electrons. The predicted molar refractivity (Wildman–Crippen MR) is 124 cm³/mol. The Morgan fingerprint density at radius 2 is 1.49 bits per heavy atom. The lowest BCUT2D eigenvalue weighted by Gasteiger charge is -2.23. The Hall–Kier alpha value is -3.76. The summed E-state index contributed by atoms with van der Waals surface area (Å²) in [5, 5.41) is 0. The number of pyridine rings is 1. The van der Waals surface area contributed by atoms with Crippen LogP contribution in [0.15, 0.2) is 96.0 Å². The van der Waals surface area contributed by atoms with E-state index in [1.807, 2.05) is 0 Å². The highest BCUT2D eigenvalue weighted by atomic mass is 32.2.